The molecule has 24 heavy (non-hydrogen) atoms. The molecule has 1 N–H and O–H groups in total. The van der Waals surface area contributed by atoms with Crippen LogP contribution in [0.2, 0.25) is 0 Å². The number of pyridine rings is 1. The number of H-pyrrole nitrogens is 1. The van der Waals surface area contributed by atoms with E-state index in [-0.39, 0.29) is 5.56 Å². The second-order valence-electron chi connectivity index (χ2n) is 5.46. The first-order chi connectivity index (χ1) is 11.7. The lowest BCUT2D eigenvalue weighted by atomic mass is 10.1. The van der Waals surface area contributed by atoms with Crippen molar-refractivity contribution in [2.45, 2.75) is 19.0 Å². The number of aryl methyl sites for hydroxylation is 1. The maximum absolute atomic E-state index is 12.3. The Bertz CT molecular complexity index is 1100. The van der Waals surface area contributed by atoms with Crippen molar-refractivity contribution < 1.29 is 0 Å². The van der Waals surface area contributed by atoms with Gasteiger partial charge in [-0.15, -0.1) is 11.3 Å². The number of hydrogen-bond donors (Lipinski definition) is 1. The second-order valence-corrected chi connectivity index (χ2v) is 7.71. The molecular formula is C18H15N3OS2. The molecule has 0 amide bonds. The van der Waals surface area contributed by atoms with Gasteiger partial charge < -0.3 is 4.98 Å². The van der Waals surface area contributed by atoms with E-state index in [4.69, 9.17) is 4.98 Å². The Morgan fingerprint density at radius 2 is 2.00 bits per heavy atom. The molecule has 4 rings (SSSR count). The van der Waals surface area contributed by atoms with Gasteiger partial charge in [-0.2, -0.15) is 4.98 Å². The maximum atomic E-state index is 12.3. The summed E-state index contributed by atoms with van der Waals surface area (Å²) in [5.41, 5.74) is 3.79. The average molecular weight is 353 g/mol. The van der Waals surface area contributed by atoms with Gasteiger partial charge in [0.2, 0.25) is 0 Å². The smallest absolute Gasteiger partial charge is 0.291 e. The number of nitrogens with one attached hydrogen (secondary N) is 1. The first-order valence-electron chi connectivity index (χ1n) is 7.69. The summed E-state index contributed by atoms with van der Waals surface area (Å²) >= 11 is 2.95. The van der Waals surface area contributed by atoms with E-state index in [9.17, 15) is 4.79 Å². The van der Waals surface area contributed by atoms with Crippen molar-refractivity contribution in [2.75, 3.05) is 5.75 Å². The molecule has 0 unspecified atom stereocenters. The molecule has 0 saturated carbocycles. The number of thiophene rings is 1. The van der Waals surface area contributed by atoms with Crippen molar-refractivity contribution in [3.05, 3.63) is 52.3 Å². The molecule has 0 saturated heterocycles. The molecule has 0 radical (unpaired) electrons. The minimum atomic E-state index is -0.177. The summed E-state index contributed by atoms with van der Waals surface area (Å²) in [6, 6.07) is 12.2. The lowest BCUT2D eigenvalue weighted by Crippen LogP contribution is -2.07. The van der Waals surface area contributed by atoms with Gasteiger partial charge >= 0.3 is 0 Å². The first kappa shape index (κ1) is 15.4. The quantitative estimate of drug-likeness (QED) is 0.431. The van der Waals surface area contributed by atoms with E-state index < -0.39 is 0 Å². The second kappa shape index (κ2) is 6.03. The number of fused-ring (bicyclic) bond motifs is 3. The highest BCUT2D eigenvalue weighted by Gasteiger charge is 2.15. The third kappa shape index (κ3) is 2.52. The summed E-state index contributed by atoms with van der Waals surface area (Å²) in [6.45, 7) is 4.10. The molecule has 6 heteroatoms. The van der Waals surface area contributed by atoms with Crippen LogP contribution in [0, 0.1) is 6.92 Å². The van der Waals surface area contributed by atoms with Gasteiger partial charge in [-0.3, -0.25) is 4.79 Å². The zero-order valence-electron chi connectivity index (χ0n) is 13.3. The van der Waals surface area contributed by atoms with E-state index in [1.54, 1.807) is 0 Å². The predicted molar refractivity (Wildman–Crippen MR) is 102 cm³/mol. The fourth-order valence-corrected chi connectivity index (χ4v) is 4.48. The fourth-order valence-electron chi connectivity index (χ4n) is 2.79. The summed E-state index contributed by atoms with van der Waals surface area (Å²) in [6.07, 6.45) is 0. The molecule has 0 aliphatic carbocycles. The van der Waals surface area contributed by atoms with Crippen LogP contribution in [-0.2, 0) is 0 Å². The maximum Gasteiger partial charge on any atom is 0.291 e. The average Bonchev–Trinajstić information content (AvgIpc) is 2.96. The molecule has 0 spiro atoms. The van der Waals surface area contributed by atoms with E-state index >= 15 is 0 Å². The first-order valence-corrected chi connectivity index (χ1v) is 9.50. The molecule has 4 aromatic rings. The summed E-state index contributed by atoms with van der Waals surface area (Å²) in [4.78, 5) is 25.5. The van der Waals surface area contributed by atoms with Crippen molar-refractivity contribution in [1.82, 2.24) is 15.0 Å². The van der Waals surface area contributed by atoms with E-state index in [0.29, 0.717) is 9.86 Å². The van der Waals surface area contributed by atoms with Crippen LogP contribution < -0.4 is 5.56 Å². The van der Waals surface area contributed by atoms with Gasteiger partial charge in [0.15, 0.2) is 5.16 Å². The van der Waals surface area contributed by atoms with Gasteiger partial charge in [-0.25, -0.2) is 4.98 Å². The lowest BCUT2D eigenvalue weighted by Gasteiger charge is -2.04. The molecule has 0 fully saturated rings. The number of rotatable bonds is 3. The van der Waals surface area contributed by atoms with Gasteiger partial charge in [0.1, 0.15) is 9.53 Å². The summed E-state index contributed by atoms with van der Waals surface area (Å²) in [5.74, 6) is 0.867. The summed E-state index contributed by atoms with van der Waals surface area (Å²) in [5, 5.41) is 1.69. The topological polar surface area (TPSA) is 58.6 Å². The van der Waals surface area contributed by atoms with Crippen LogP contribution in [0.15, 0.2) is 46.3 Å². The zero-order valence-corrected chi connectivity index (χ0v) is 14.9. The molecule has 1 aromatic carbocycles. The Hall–Kier alpha value is -2.18. The lowest BCUT2D eigenvalue weighted by molar-refractivity contribution is 0.980. The molecule has 0 aliphatic rings. The van der Waals surface area contributed by atoms with Gasteiger partial charge in [0.25, 0.3) is 5.56 Å². The normalized spacial score (nSPS) is 11.4. The molecule has 0 atom stereocenters. The molecule has 0 aliphatic heterocycles. The van der Waals surface area contributed by atoms with E-state index in [1.165, 1.54) is 23.1 Å². The standard InChI is InChI=1S/C18H15N3OS2/c1-3-23-18-20-14-13-10(2)9-12(11-7-5-4-6-8-11)19-17(13)24-15(14)16(22)21-18/h4-9H,3H2,1-2H3,(H,20,21,22). The predicted octanol–water partition coefficient (Wildman–Crippen LogP) is 4.62. The Balaban J connectivity index is 2.02. The van der Waals surface area contributed by atoms with Crippen LogP contribution in [0.3, 0.4) is 0 Å². The number of aromatic amines is 1. The van der Waals surface area contributed by atoms with E-state index in [1.807, 2.05) is 37.3 Å². The number of benzene rings is 1. The molecule has 120 valence electrons. The zero-order chi connectivity index (χ0) is 16.7. The van der Waals surface area contributed by atoms with Gasteiger partial charge in [-0.1, -0.05) is 49.0 Å². The van der Waals surface area contributed by atoms with Crippen LogP contribution in [0.4, 0.5) is 0 Å². The Morgan fingerprint density at radius 1 is 1.21 bits per heavy atom. The number of aromatic nitrogens is 3. The monoisotopic (exact) mass is 353 g/mol. The Kier molecular flexibility index (Phi) is 3.86. The highest BCUT2D eigenvalue weighted by atomic mass is 32.2. The van der Waals surface area contributed by atoms with Crippen LogP contribution in [0.5, 0.6) is 0 Å². The highest BCUT2D eigenvalue weighted by Crippen LogP contribution is 2.34. The van der Waals surface area contributed by atoms with Gasteiger partial charge in [-0.05, 0) is 24.3 Å². The van der Waals surface area contributed by atoms with Crippen molar-refractivity contribution in [3.63, 3.8) is 0 Å². The van der Waals surface area contributed by atoms with E-state index in [2.05, 4.69) is 23.0 Å². The number of hydrogen-bond acceptors (Lipinski definition) is 5. The molecular weight excluding hydrogens is 338 g/mol. The van der Waals surface area contributed by atoms with Gasteiger partial charge in [0.05, 0.1) is 11.2 Å². The minimum absolute atomic E-state index is 0.177. The van der Waals surface area contributed by atoms with E-state index in [0.717, 1.165) is 38.3 Å². The summed E-state index contributed by atoms with van der Waals surface area (Å²) in [7, 11) is 0. The van der Waals surface area contributed by atoms with Crippen LogP contribution in [0.25, 0.3) is 31.7 Å². The number of thioether (sulfide) groups is 1. The molecule has 3 heterocycles. The largest absolute Gasteiger partial charge is 0.333 e. The molecule has 0 bridgehead atoms. The Labute approximate surface area is 147 Å². The number of nitrogens with zero attached hydrogens (tertiary/aromatic N) is 2. The Morgan fingerprint density at radius 3 is 2.75 bits per heavy atom. The third-order valence-electron chi connectivity index (χ3n) is 3.84. The van der Waals surface area contributed by atoms with Gasteiger partial charge in [0, 0.05) is 10.9 Å². The molecule has 4 nitrogen and oxygen atoms in total. The highest BCUT2D eigenvalue weighted by molar-refractivity contribution is 7.99. The van der Waals surface area contributed by atoms with Crippen LogP contribution >= 0.6 is 23.1 Å². The van der Waals surface area contributed by atoms with Crippen molar-refractivity contribution >= 4 is 43.5 Å². The minimum Gasteiger partial charge on any atom is -0.333 e. The van der Waals surface area contributed by atoms with Crippen molar-refractivity contribution in [1.29, 1.82) is 0 Å². The molecule has 3 aromatic heterocycles. The SMILES string of the molecule is CCSc1nc(=O)c2sc3nc(-c4ccccc4)cc(C)c3c2[nH]1. The van der Waals surface area contributed by atoms with Crippen molar-refractivity contribution in [3.8, 4) is 11.3 Å². The third-order valence-corrected chi connectivity index (χ3v) is 5.67. The summed E-state index contributed by atoms with van der Waals surface area (Å²) < 4.78 is 0.645. The van der Waals surface area contributed by atoms with Crippen LogP contribution in [-0.4, -0.2) is 20.7 Å². The van der Waals surface area contributed by atoms with Crippen molar-refractivity contribution in [2.24, 2.45) is 0 Å². The van der Waals surface area contributed by atoms with Crippen LogP contribution in [0.1, 0.15) is 12.5 Å². The fraction of sp³-hybridized carbons (Fsp3) is 0.167.